The number of sulfonamides is 1. The number of hydrogen-bond donors (Lipinski definition) is 1. The summed E-state index contributed by atoms with van der Waals surface area (Å²) < 4.78 is 27.1. The number of nitriles is 1. The third-order valence-corrected chi connectivity index (χ3v) is 6.22. The molecule has 0 radical (unpaired) electrons. The number of rotatable bonds is 3. The molecule has 1 aromatic carbocycles. The minimum Gasteiger partial charge on any atom is -0.327 e. The van der Waals surface area contributed by atoms with Crippen LogP contribution in [0, 0.1) is 24.2 Å². The number of piperidine rings is 1. The molecule has 2 N–H and O–H groups in total. The van der Waals surface area contributed by atoms with Crippen LogP contribution in [-0.4, -0.2) is 31.9 Å². The number of nitrogens with two attached hydrogens (primary N) is 1. The standard InChI is InChI=1S/C15H21N3O2S/c1-3-13-10-18(7-6-14(13)17)21(19,20)15-8-12(9-16)5-4-11(15)2/h4-5,8,13-14H,3,6-7,10,17H2,1-2H3. The minimum absolute atomic E-state index is 0.0630. The van der Waals surface area contributed by atoms with Crippen LogP contribution < -0.4 is 5.73 Å². The lowest BCUT2D eigenvalue weighted by molar-refractivity contribution is 0.230. The Morgan fingerprint density at radius 2 is 2.19 bits per heavy atom. The van der Waals surface area contributed by atoms with E-state index in [2.05, 4.69) is 0 Å². The van der Waals surface area contributed by atoms with E-state index in [0.29, 0.717) is 30.6 Å². The molecule has 5 nitrogen and oxygen atoms in total. The van der Waals surface area contributed by atoms with Gasteiger partial charge in [0.05, 0.1) is 16.5 Å². The second-order valence-electron chi connectivity index (χ2n) is 5.58. The molecular formula is C15H21N3O2S. The molecule has 0 amide bonds. The fourth-order valence-electron chi connectivity index (χ4n) is 2.75. The van der Waals surface area contributed by atoms with Crippen LogP contribution >= 0.6 is 0 Å². The summed E-state index contributed by atoms with van der Waals surface area (Å²) in [5.41, 5.74) is 7.07. The molecular weight excluding hydrogens is 286 g/mol. The first-order valence-corrected chi connectivity index (χ1v) is 8.60. The number of benzene rings is 1. The average Bonchev–Trinajstić information content (AvgIpc) is 2.47. The van der Waals surface area contributed by atoms with Crippen molar-refractivity contribution in [3.05, 3.63) is 29.3 Å². The zero-order valence-corrected chi connectivity index (χ0v) is 13.2. The SMILES string of the molecule is CCC1CN(S(=O)(=O)c2cc(C#N)ccc2C)CCC1N. The highest BCUT2D eigenvalue weighted by atomic mass is 32.2. The summed E-state index contributed by atoms with van der Waals surface area (Å²) in [5, 5.41) is 8.97. The maximum Gasteiger partial charge on any atom is 0.243 e. The lowest BCUT2D eigenvalue weighted by Crippen LogP contribution is -2.49. The van der Waals surface area contributed by atoms with Gasteiger partial charge in [0.25, 0.3) is 0 Å². The third kappa shape index (κ3) is 3.10. The van der Waals surface area contributed by atoms with Gasteiger partial charge in [0.2, 0.25) is 10.0 Å². The van der Waals surface area contributed by atoms with Gasteiger partial charge < -0.3 is 5.73 Å². The Balaban J connectivity index is 2.37. The van der Waals surface area contributed by atoms with Gasteiger partial charge in [0.15, 0.2) is 0 Å². The van der Waals surface area contributed by atoms with Gasteiger partial charge in [-0.25, -0.2) is 8.42 Å². The fourth-order valence-corrected chi connectivity index (χ4v) is 4.52. The Bertz CT molecular complexity index is 664. The van der Waals surface area contributed by atoms with Gasteiger partial charge in [-0.2, -0.15) is 9.57 Å². The Hall–Kier alpha value is -1.42. The van der Waals surface area contributed by atoms with E-state index in [1.165, 1.54) is 10.4 Å². The summed E-state index contributed by atoms with van der Waals surface area (Å²) in [4.78, 5) is 0.229. The van der Waals surface area contributed by atoms with E-state index in [4.69, 9.17) is 11.0 Å². The van der Waals surface area contributed by atoms with Crippen LogP contribution in [0.1, 0.15) is 30.9 Å². The van der Waals surface area contributed by atoms with Crippen molar-refractivity contribution in [1.29, 1.82) is 5.26 Å². The second-order valence-corrected chi connectivity index (χ2v) is 7.48. The predicted molar refractivity (Wildman–Crippen MR) is 81.0 cm³/mol. The van der Waals surface area contributed by atoms with E-state index in [1.807, 2.05) is 13.0 Å². The topological polar surface area (TPSA) is 87.2 Å². The summed E-state index contributed by atoms with van der Waals surface area (Å²) in [7, 11) is -3.57. The van der Waals surface area contributed by atoms with Gasteiger partial charge in [-0.1, -0.05) is 19.4 Å². The Morgan fingerprint density at radius 1 is 1.48 bits per heavy atom. The molecule has 1 aliphatic rings. The molecule has 2 rings (SSSR count). The molecule has 1 fully saturated rings. The molecule has 0 bridgehead atoms. The maximum absolute atomic E-state index is 12.8. The predicted octanol–water partition coefficient (Wildman–Crippen LogP) is 1.61. The van der Waals surface area contributed by atoms with Crippen molar-refractivity contribution in [2.75, 3.05) is 13.1 Å². The van der Waals surface area contributed by atoms with Gasteiger partial charge in [0, 0.05) is 19.1 Å². The second kappa shape index (κ2) is 6.14. The van der Waals surface area contributed by atoms with Gasteiger partial charge in [-0.15, -0.1) is 0 Å². The minimum atomic E-state index is -3.57. The van der Waals surface area contributed by atoms with Gasteiger partial charge >= 0.3 is 0 Å². The molecule has 1 saturated heterocycles. The molecule has 1 aromatic rings. The van der Waals surface area contributed by atoms with Gasteiger partial charge in [-0.3, -0.25) is 0 Å². The Morgan fingerprint density at radius 3 is 2.81 bits per heavy atom. The largest absolute Gasteiger partial charge is 0.327 e. The van der Waals surface area contributed by atoms with Gasteiger partial charge in [-0.05, 0) is 37.0 Å². The zero-order chi connectivity index (χ0) is 15.6. The summed E-state index contributed by atoms with van der Waals surface area (Å²) >= 11 is 0. The number of nitrogens with zero attached hydrogens (tertiary/aromatic N) is 2. The van der Waals surface area contributed by atoms with Crippen molar-refractivity contribution < 1.29 is 8.42 Å². The van der Waals surface area contributed by atoms with E-state index in [9.17, 15) is 8.42 Å². The molecule has 114 valence electrons. The first-order chi connectivity index (χ1) is 9.90. The average molecular weight is 307 g/mol. The van der Waals surface area contributed by atoms with Crippen molar-refractivity contribution in [1.82, 2.24) is 4.31 Å². The van der Waals surface area contributed by atoms with Crippen molar-refractivity contribution >= 4 is 10.0 Å². The summed E-state index contributed by atoms with van der Waals surface area (Å²) in [5.74, 6) is 0.188. The first kappa shape index (κ1) is 16.0. The highest BCUT2D eigenvalue weighted by Gasteiger charge is 2.34. The van der Waals surface area contributed by atoms with Crippen molar-refractivity contribution in [2.24, 2.45) is 11.7 Å². The third-order valence-electron chi connectivity index (χ3n) is 4.21. The molecule has 0 aromatic heterocycles. The number of aryl methyl sites for hydroxylation is 1. The molecule has 0 aliphatic carbocycles. The molecule has 0 saturated carbocycles. The lowest BCUT2D eigenvalue weighted by Gasteiger charge is -2.35. The molecule has 21 heavy (non-hydrogen) atoms. The van der Waals surface area contributed by atoms with E-state index >= 15 is 0 Å². The monoisotopic (exact) mass is 307 g/mol. The first-order valence-electron chi connectivity index (χ1n) is 7.16. The number of hydrogen-bond acceptors (Lipinski definition) is 4. The van der Waals surface area contributed by atoms with Crippen LogP contribution in [0.4, 0.5) is 0 Å². The molecule has 1 aliphatic heterocycles. The summed E-state index contributed by atoms with van der Waals surface area (Å²) in [6.45, 7) is 4.68. The molecule has 2 unspecified atom stereocenters. The highest BCUT2D eigenvalue weighted by Crippen LogP contribution is 2.27. The van der Waals surface area contributed by atoms with Crippen LogP contribution in [0.25, 0.3) is 0 Å². The maximum atomic E-state index is 12.8. The fraction of sp³-hybridized carbons (Fsp3) is 0.533. The summed E-state index contributed by atoms with van der Waals surface area (Å²) in [6.07, 6.45) is 1.54. The Labute approximate surface area is 126 Å². The smallest absolute Gasteiger partial charge is 0.243 e. The molecule has 1 heterocycles. The van der Waals surface area contributed by atoms with Crippen LogP contribution in [0.15, 0.2) is 23.1 Å². The van der Waals surface area contributed by atoms with Crippen LogP contribution in [0.2, 0.25) is 0 Å². The van der Waals surface area contributed by atoms with E-state index in [-0.39, 0.29) is 16.9 Å². The van der Waals surface area contributed by atoms with Crippen molar-refractivity contribution in [3.8, 4) is 6.07 Å². The normalized spacial score (nSPS) is 23.7. The van der Waals surface area contributed by atoms with E-state index in [0.717, 1.165) is 6.42 Å². The zero-order valence-electron chi connectivity index (χ0n) is 12.4. The quantitative estimate of drug-likeness (QED) is 0.919. The summed E-state index contributed by atoms with van der Waals surface area (Å²) in [6, 6.07) is 6.83. The van der Waals surface area contributed by atoms with Gasteiger partial charge in [0.1, 0.15) is 0 Å². The van der Waals surface area contributed by atoms with Crippen LogP contribution in [0.5, 0.6) is 0 Å². The van der Waals surface area contributed by atoms with E-state index < -0.39 is 10.0 Å². The molecule has 2 atom stereocenters. The highest BCUT2D eigenvalue weighted by molar-refractivity contribution is 7.89. The van der Waals surface area contributed by atoms with Crippen molar-refractivity contribution in [2.45, 2.75) is 37.6 Å². The molecule has 0 spiro atoms. The van der Waals surface area contributed by atoms with Crippen LogP contribution in [0.3, 0.4) is 0 Å². The lowest BCUT2D eigenvalue weighted by atomic mass is 9.92. The van der Waals surface area contributed by atoms with Crippen LogP contribution in [-0.2, 0) is 10.0 Å². The molecule has 6 heteroatoms. The van der Waals surface area contributed by atoms with Crippen molar-refractivity contribution in [3.63, 3.8) is 0 Å². The Kier molecular flexibility index (Phi) is 4.67. The van der Waals surface area contributed by atoms with E-state index in [1.54, 1.807) is 19.1 Å².